The third kappa shape index (κ3) is 8.29. The number of hydrogen-bond acceptors (Lipinski definition) is 0. The van der Waals surface area contributed by atoms with Crippen LogP contribution in [0.2, 0.25) is 0 Å². The zero-order chi connectivity index (χ0) is 16.1. The fourth-order valence-electron chi connectivity index (χ4n) is 2.83. The predicted octanol–water partition coefficient (Wildman–Crippen LogP) is 6.73. The topological polar surface area (TPSA) is 0 Å². The lowest BCUT2D eigenvalue weighted by Gasteiger charge is -2.19. The Morgan fingerprint density at radius 3 is 1.76 bits per heavy atom. The quantitative estimate of drug-likeness (QED) is 0.544. The summed E-state index contributed by atoms with van der Waals surface area (Å²) in [6, 6.07) is 7.13. The van der Waals surface area contributed by atoms with Crippen molar-refractivity contribution in [2.24, 2.45) is 10.8 Å². The Hall–Kier alpha value is -0.780. The van der Waals surface area contributed by atoms with Crippen molar-refractivity contribution in [2.75, 3.05) is 0 Å². The fourth-order valence-corrected chi connectivity index (χ4v) is 2.83. The average molecular weight is 289 g/mol. The van der Waals surface area contributed by atoms with Gasteiger partial charge in [-0.25, -0.2) is 0 Å². The highest BCUT2D eigenvalue weighted by Crippen LogP contribution is 2.24. The summed E-state index contributed by atoms with van der Waals surface area (Å²) < 4.78 is 0. The van der Waals surface area contributed by atoms with E-state index in [2.05, 4.69) is 66.7 Å². The van der Waals surface area contributed by atoms with Gasteiger partial charge in [-0.3, -0.25) is 0 Å². The second kappa shape index (κ2) is 7.47. The van der Waals surface area contributed by atoms with E-state index in [9.17, 15) is 0 Å². The number of rotatable bonds is 6. The molecule has 1 rings (SSSR count). The van der Waals surface area contributed by atoms with Crippen LogP contribution in [0.15, 0.2) is 18.2 Å². The first-order valence-corrected chi connectivity index (χ1v) is 8.65. The van der Waals surface area contributed by atoms with Crippen LogP contribution in [0.4, 0.5) is 0 Å². The Balaban J connectivity index is 2.48. The van der Waals surface area contributed by atoms with Crippen molar-refractivity contribution in [3.8, 4) is 0 Å². The Morgan fingerprint density at radius 2 is 1.29 bits per heavy atom. The average Bonchev–Trinajstić information content (AvgIpc) is 2.28. The van der Waals surface area contributed by atoms with Crippen molar-refractivity contribution in [1.82, 2.24) is 0 Å². The zero-order valence-corrected chi connectivity index (χ0v) is 15.5. The summed E-state index contributed by atoms with van der Waals surface area (Å²) in [5.41, 5.74) is 5.45. The molecule has 120 valence electrons. The number of benzene rings is 1. The van der Waals surface area contributed by atoms with Gasteiger partial charge in [-0.2, -0.15) is 0 Å². The Morgan fingerprint density at radius 1 is 0.762 bits per heavy atom. The normalized spacial score (nSPS) is 12.7. The fraction of sp³-hybridized carbons (Fsp3) is 0.714. The molecule has 0 saturated heterocycles. The van der Waals surface area contributed by atoms with Crippen LogP contribution in [-0.2, 0) is 12.8 Å². The van der Waals surface area contributed by atoms with Gasteiger partial charge in [0.05, 0.1) is 0 Å². The number of hydrogen-bond donors (Lipinski definition) is 0. The SMILES string of the molecule is Cc1cc(CCCC(C)(C)C)ccc1CCCC(C)(C)C. The second-order valence-electron chi connectivity index (χ2n) is 9.09. The molecule has 0 heterocycles. The van der Waals surface area contributed by atoms with E-state index in [-0.39, 0.29) is 0 Å². The summed E-state index contributed by atoms with van der Waals surface area (Å²) in [5.74, 6) is 0. The van der Waals surface area contributed by atoms with Gasteiger partial charge in [0.1, 0.15) is 0 Å². The summed E-state index contributed by atoms with van der Waals surface area (Å²) >= 11 is 0. The minimum absolute atomic E-state index is 0.459. The molecule has 0 nitrogen and oxygen atoms in total. The van der Waals surface area contributed by atoms with Gasteiger partial charge in [-0.15, -0.1) is 0 Å². The van der Waals surface area contributed by atoms with Crippen molar-refractivity contribution in [1.29, 1.82) is 0 Å². The van der Waals surface area contributed by atoms with E-state index in [0.717, 1.165) is 0 Å². The molecule has 0 heteroatoms. The highest BCUT2D eigenvalue weighted by atomic mass is 14.2. The minimum Gasteiger partial charge on any atom is -0.0602 e. The molecule has 21 heavy (non-hydrogen) atoms. The number of aryl methyl sites for hydroxylation is 3. The van der Waals surface area contributed by atoms with Crippen molar-refractivity contribution in [3.05, 3.63) is 34.9 Å². The summed E-state index contributed by atoms with van der Waals surface area (Å²) in [6.07, 6.45) is 7.66. The third-order valence-corrected chi connectivity index (χ3v) is 4.17. The Bertz CT molecular complexity index is 426. The Labute approximate surface area is 133 Å². The minimum atomic E-state index is 0.459. The van der Waals surface area contributed by atoms with Crippen LogP contribution in [0.3, 0.4) is 0 Å². The van der Waals surface area contributed by atoms with Gasteiger partial charge in [0, 0.05) is 0 Å². The molecule has 0 radical (unpaired) electrons. The maximum absolute atomic E-state index is 2.41. The first kappa shape index (κ1) is 18.3. The first-order valence-electron chi connectivity index (χ1n) is 8.65. The van der Waals surface area contributed by atoms with Crippen LogP contribution in [0.1, 0.15) is 83.9 Å². The van der Waals surface area contributed by atoms with Gasteiger partial charge in [0.15, 0.2) is 0 Å². The molecule has 0 unspecified atom stereocenters. The van der Waals surface area contributed by atoms with Crippen molar-refractivity contribution >= 4 is 0 Å². The maximum atomic E-state index is 2.41. The molecule has 0 aliphatic rings. The second-order valence-corrected chi connectivity index (χ2v) is 9.09. The van der Waals surface area contributed by atoms with Gasteiger partial charge < -0.3 is 0 Å². The standard InChI is InChI=1S/C21H36/c1-17-16-18(10-8-14-20(2,3)4)12-13-19(17)11-9-15-21(5,6)7/h12-13,16H,8-11,14-15H2,1-7H3. The van der Waals surface area contributed by atoms with E-state index in [1.165, 1.54) is 49.7 Å². The highest BCUT2D eigenvalue weighted by Gasteiger charge is 2.11. The summed E-state index contributed by atoms with van der Waals surface area (Å²) in [5, 5.41) is 0. The van der Waals surface area contributed by atoms with E-state index in [1.807, 2.05) is 0 Å². The lowest BCUT2D eigenvalue weighted by atomic mass is 9.87. The summed E-state index contributed by atoms with van der Waals surface area (Å²) in [6.45, 7) is 16.3. The van der Waals surface area contributed by atoms with Gasteiger partial charge >= 0.3 is 0 Å². The van der Waals surface area contributed by atoms with Gasteiger partial charge in [0.25, 0.3) is 0 Å². The predicted molar refractivity (Wildman–Crippen MR) is 96.0 cm³/mol. The summed E-state index contributed by atoms with van der Waals surface area (Å²) in [4.78, 5) is 0. The van der Waals surface area contributed by atoms with E-state index < -0.39 is 0 Å². The molecule has 0 aliphatic heterocycles. The van der Waals surface area contributed by atoms with Gasteiger partial charge in [-0.05, 0) is 73.0 Å². The molecule has 0 amide bonds. The van der Waals surface area contributed by atoms with Crippen LogP contribution >= 0.6 is 0 Å². The lowest BCUT2D eigenvalue weighted by molar-refractivity contribution is 0.365. The summed E-state index contributed by atoms with van der Waals surface area (Å²) in [7, 11) is 0. The third-order valence-electron chi connectivity index (χ3n) is 4.17. The van der Waals surface area contributed by atoms with Crippen molar-refractivity contribution in [3.63, 3.8) is 0 Å². The first-order chi connectivity index (χ1) is 9.57. The van der Waals surface area contributed by atoms with E-state index >= 15 is 0 Å². The molecular formula is C21H36. The van der Waals surface area contributed by atoms with E-state index in [0.29, 0.717) is 10.8 Å². The molecule has 0 N–H and O–H groups in total. The van der Waals surface area contributed by atoms with E-state index in [1.54, 1.807) is 5.56 Å². The van der Waals surface area contributed by atoms with Crippen LogP contribution < -0.4 is 0 Å². The molecule has 0 spiro atoms. The van der Waals surface area contributed by atoms with Gasteiger partial charge in [0.2, 0.25) is 0 Å². The molecule has 0 aromatic heterocycles. The zero-order valence-electron chi connectivity index (χ0n) is 15.5. The largest absolute Gasteiger partial charge is 0.0602 e. The maximum Gasteiger partial charge on any atom is -0.0276 e. The molecule has 0 atom stereocenters. The van der Waals surface area contributed by atoms with Crippen molar-refractivity contribution < 1.29 is 0 Å². The molecule has 0 aliphatic carbocycles. The van der Waals surface area contributed by atoms with Crippen LogP contribution in [0.25, 0.3) is 0 Å². The smallest absolute Gasteiger partial charge is 0.0276 e. The molecule has 1 aromatic carbocycles. The van der Waals surface area contributed by atoms with Crippen LogP contribution in [-0.4, -0.2) is 0 Å². The van der Waals surface area contributed by atoms with E-state index in [4.69, 9.17) is 0 Å². The molecule has 1 aromatic rings. The van der Waals surface area contributed by atoms with Crippen molar-refractivity contribution in [2.45, 2.75) is 87.0 Å². The monoisotopic (exact) mass is 288 g/mol. The van der Waals surface area contributed by atoms with Crippen LogP contribution in [0.5, 0.6) is 0 Å². The molecule has 0 bridgehead atoms. The molecule has 0 saturated carbocycles. The molecule has 0 fully saturated rings. The highest BCUT2D eigenvalue weighted by molar-refractivity contribution is 5.31. The lowest BCUT2D eigenvalue weighted by Crippen LogP contribution is -2.06. The molecular weight excluding hydrogens is 252 g/mol. The Kier molecular flexibility index (Phi) is 6.50. The van der Waals surface area contributed by atoms with Gasteiger partial charge in [-0.1, -0.05) is 59.7 Å². The van der Waals surface area contributed by atoms with Crippen LogP contribution in [0, 0.1) is 17.8 Å².